The molecule has 0 bridgehead atoms. The maximum atomic E-state index is 5.81. The van der Waals surface area contributed by atoms with Crippen LogP contribution in [0.1, 0.15) is 52.4 Å². The Kier molecular flexibility index (Phi) is 7.08. The zero-order chi connectivity index (χ0) is 15.6. The van der Waals surface area contributed by atoms with Crippen LogP contribution in [0.5, 0.6) is 11.5 Å². The van der Waals surface area contributed by atoms with Crippen LogP contribution in [0.15, 0.2) is 36.4 Å². The van der Waals surface area contributed by atoms with E-state index >= 15 is 0 Å². The van der Waals surface area contributed by atoms with Crippen LogP contribution in [-0.4, -0.2) is 13.2 Å². The Balaban J connectivity index is 1.93. The van der Waals surface area contributed by atoms with E-state index in [1.807, 2.05) is 0 Å². The summed E-state index contributed by atoms with van der Waals surface area (Å²) in [7, 11) is 0. The molecule has 0 aliphatic rings. The number of rotatable bonds is 10. The molecule has 2 nitrogen and oxygen atoms in total. The van der Waals surface area contributed by atoms with Crippen molar-refractivity contribution in [1.82, 2.24) is 0 Å². The molecule has 0 aliphatic carbocycles. The molecule has 2 aromatic rings. The van der Waals surface area contributed by atoms with Gasteiger partial charge in [-0.1, -0.05) is 51.7 Å². The van der Waals surface area contributed by atoms with Gasteiger partial charge in [-0.05, 0) is 47.9 Å². The molecule has 0 spiro atoms. The Labute approximate surface area is 134 Å². The highest BCUT2D eigenvalue weighted by atomic mass is 16.5. The van der Waals surface area contributed by atoms with Crippen LogP contribution >= 0.6 is 0 Å². The van der Waals surface area contributed by atoms with Crippen LogP contribution in [0.2, 0.25) is 0 Å². The first-order valence-electron chi connectivity index (χ1n) is 8.63. The van der Waals surface area contributed by atoms with Gasteiger partial charge in [0.25, 0.3) is 0 Å². The normalized spacial score (nSPS) is 10.8. The molecule has 2 rings (SSSR count). The summed E-state index contributed by atoms with van der Waals surface area (Å²) in [6, 6.07) is 12.6. The molecule has 0 atom stereocenters. The van der Waals surface area contributed by atoms with Crippen molar-refractivity contribution in [2.24, 2.45) is 0 Å². The van der Waals surface area contributed by atoms with Crippen LogP contribution < -0.4 is 9.47 Å². The van der Waals surface area contributed by atoms with Crippen LogP contribution in [0.25, 0.3) is 10.8 Å². The highest BCUT2D eigenvalue weighted by Gasteiger charge is 2.01. The van der Waals surface area contributed by atoms with E-state index in [0.29, 0.717) is 0 Å². The Hall–Kier alpha value is -1.70. The number of ether oxygens (including phenoxy) is 2. The van der Waals surface area contributed by atoms with Crippen LogP contribution in [0, 0.1) is 0 Å². The average molecular weight is 300 g/mol. The van der Waals surface area contributed by atoms with Gasteiger partial charge in [-0.3, -0.25) is 0 Å². The standard InChI is InChI=1S/C20H28O2/c1-3-5-7-13-21-19-11-9-18-16-20(12-10-17(18)15-19)22-14-8-6-4-2/h9-12,15-16H,3-8,13-14H2,1-2H3. The minimum atomic E-state index is 0.804. The number of fused-ring (bicyclic) bond motifs is 1. The van der Waals surface area contributed by atoms with Crippen LogP contribution in [0.3, 0.4) is 0 Å². The third-order valence-corrected chi connectivity index (χ3v) is 3.82. The van der Waals surface area contributed by atoms with Crippen molar-refractivity contribution in [3.05, 3.63) is 36.4 Å². The first-order chi connectivity index (χ1) is 10.8. The van der Waals surface area contributed by atoms with Gasteiger partial charge >= 0.3 is 0 Å². The fraction of sp³-hybridized carbons (Fsp3) is 0.500. The summed E-state index contributed by atoms with van der Waals surface area (Å²) in [5, 5.41) is 2.41. The average Bonchev–Trinajstić information content (AvgIpc) is 2.55. The Morgan fingerprint density at radius 2 is 1.09 bits per heavy atom. The first kappa shape index (κ1) is 16.7. The molecule has 0 aliphatic heterocycles. The topological polar surface area (TPSA) is 18.5 Å². The van der Waals surface area contributed by atoms with E-state index in [2.05, 4.69) is 50.2 Å². The van der Waals surface area contributed by atoms with Crippen LogP contribution in [0.4, 0.5) is 0 Å². The smallest absolute Gasteiger partial charge is 0.119 e. The molecule has 0 aromatic heterocycles. The first-order valence-corrected chi connectivity index (χ1v) is 8.63. The summed E-state index contributed by atoms with van der Waals surface area (Å²) < 4.78 is 11.6. The Morgan fingerprint density at radius 3 is 1.50 bits per heavy atom. The molecule has 2 aromatic carbocycles. The molecule has 22 heavy (non-hydrogen) atoms. The highest BCUT2D eigenvalue weighted by molar-refractivity contribution is 5.85. The number of unbranched alkanes of at least 4 members (excludes halogenated alkanes) is 4. The molecular formula is C20H28O2. The zero-order valence-electron chi connectivity index (χ0n) is 13.9. The predicted octanol–water partition coefficient (Wildman–Crippen LogP) is 5.98. The van der Waals surface area contributed by atoms with Crippen molar-refractivity contribution < 1.29 is 9.47 Å². The van der Waals surface area contributed by atoms with Gasteiger partial charge in [0.2, 0.25) is 0 Å². The lowest BCUT2D eigenvalue weighted by atomic mass is 10.1. The minimum absolute atomic E-state index is 0.804. The molecule has 2 heteroatoms. The monoisotopic (exact) mass is 300 g/mol. The molecule has 0 N–H and O–H groups in total. The van der Waals surface area contributed by atoms with Gasteiger partial charge in [-0.15, -0.1) is 0 Å². The van der Waals surface area contributed by atoms with Gasteiger partial charge in [-0.25, -0.2) is 0 Å². The van der Waals surface area contributed by atoms with E-state index in [0.717, 1.165) is 37.6 Å². The van der Waals surface area contributed by atoms with Crippen molar-refractivity contribution in [2.75, 3.05) is 13.2 Å². The van der Waals surface area contributed by atoms with Gasteiger partial charge in [-0.2, -0.15) is 0 Å². The molecule has 0 radical (unpaired) electrons. The summed E-state index contributed by atoms with van der Waals surface area (Å²) in [6.07, 6.45) is 7.15. The van der Waals surface area contributed by atoms with Crippen molar-refractivity contribution in [3.8, 4) is 11.5 Å². The van der Waals surface area contributed by atoms with Gasteiger partial charge in [0.1, 0.15) is 11.5 Å². The molecule has 0 heterocycles. The van der Waals surface area contributed by atoms with E-state index in [1.54, 1.807) is 0 Å². The SMILES string of the molecule is CCCCCOc1ccc2cc(OCCCCC)ccc2c1. The fourth-order valence-electron chi connectivity index (χ4n) is 2.47. The van der Waals surface area contributed by atoms with E-state index < -0.39 is 0 Å². The van der Waals surface area contributed by atoms with Crippen molar-refractivity contribution >= 4 is 10.8 Å². The Morgan fingerprint density at radius 1 is 0.636 bits per heavy atom. The van der Waals surface area contributed by atoms with Gasteiger partial charge in [0.15, 0.2) is 0 Å². The Bertz CT molecular complexity index is 511. The number of hydrogen-bond acceptors (Lipinski definition) is 2. The lowest BCUT2D eigenvalue weighted by Crippen LogP contribution is -1.97. The second-order valence-corrected chi connectivity index (χ2v) is 5.78. The fourth-order valence-corrected chi connectivity index (χ4v) is 2.47. The number of hydrogen-bond donors (Lipinski definition) is 0. The lowest BCUT2D eigenvalue weighted by Gasteiger charge is -2.09. The third kappa shape index (κ3) is 5.25. The quantitative estimate of drug-likeness (QED) is 0.503. The van der Waals surface area contributed by atoms with E-state index in [4.69, 9.17) is 9.47 Å². The second kappa shape index (κ2) is 9.34. The molecular weight excluding hydrogens is 272 g/mol. The van der Waals surface area contributed by atoms with E-state index in [-0.39, 0.29) is 0 Å². The maximum Gasteiger partial charge on any atom is 0.119 e. The molecule has 0 amide bonds. The highest BCUT2D eigenvalue weighted by Crippen LogP contribution is 2.25. The minimum Gasteiger partial charge on any atom is -0.494 e. The summed E-state index contributed by atoms with van der Waals surface area (Å²) in [5.74, 6) is 1.92. The summed E-state index contributed by atoms with van der Waals surface area (Å²) in [4.78, 5) is 0. The van der Waals surface area contributed by atoms with E-state index in [9.17, 15) is 0 Å². The van der Waals surface area contributed by atoms with Crippen LogP contribution in [-0.2, 0) is 0 Å². The second-order valence-electron chi connectivity index (χ2n) is 5.78. The zero-order valence-corrected chi connectivity index (χ0v) is 13.9. The third-order valence-electron chi connectivity index (χ3n) is 3.82. The molecule has 0 fully saturated rings. The summed E-state index contributed by atoms with van der Waals surface area (Å²) in [6.45, 7) is 6.02. The van der Waals surface area contributed by atoms with E-state index in [1.165, 1.54) is 36.5 Å². The molecule has 0 unspecified atom stereocenters. The molecule has 0 saturated carbocycles. The predicted molar refractivity (Wildman–Crippen MR) is 94.0 cm³/mol. The lowest BCUT2D eigenvalue weighted by molar-refractivity contribution is 0.306. The largest absolute Gasteiger partial charge is 0.494 e. The van der Waals surface area contributed by atoms with Crippen molar-refractivity contribution in [2.45, 2.75) is 52.4 Å². The van der Waals surface area contributed by atoms with Crippen molar-refractivity contribution in [1.29, 1.82) is 0 Å². The molecule has 0 saturated heterocycles. The van der Waals surface area contributed by atoms with Crippen molar-refractivity contribution in [3.63, 3.8) is 0 Å². The maximum absolute atomic E-state index is 5.81. The summed E-state index contributed by atoms with van der Waals surface area (Å²) in [5.41, 5.74) is 0. The number of benzene rings is 2. The molecule has 120 valence electrons. The van der Waals surface area contributed by atoms with Gasteiger partial charge in [0, 0.05) is 0 Å². The summed E-state index contributed by atoms with van der Waals surface area (Å²) >= 11 is 0. The van der Waals surface area contributed by atoms with Gasteiger partial charge < -0.3 is 9.47 Å². The van der Waals surface area contributed by atoms with Gasteiger partial charge in [0.05, 0.1) is 13.2 Å².